The standard InChI is InChI=1S/C26H24I2N2O4S2/c1-32-23-13-18(12-22(28)25(23)34-15-17-2-6-20(27)7-3-17)14-29-30-24(31)16-33-21-8-4-19(5-9-21)26-35-10-11-36-26/h2-9,12-14,26H,10-11,15-16H2,1H3,(H,30,31)/b29-14-. The summed E-state index contributed by atoms with van der Waals surface area (Å²) in [5.74, 6) is 3.96. The third-order valence-corrected chi connectivity index (χ3v) is 9.72. The summed E-state index contributed by atoms with van der Waals surface area (Å²) in [4.78, 5) is 12.2. The molecule has 1 heterocycles. The molecule has 1 N–H and O–H groups in total. The van der Waals surface area contributed by atoms with Crippen molar-refractivity contribution in [3.8, 4) is 17.2 Å². The zero-order valence-electron chi connectivity index (χ0n) is 19.4. The van der Waals surface area contributed by atoms with Crippen molar-refractivity contribution in [1.29, 1.82) is 0 Å². The number of hydrazone groups is 1. The molecule has 188 valence electrons. The summed E-state index contributed by atoms with van der Waals surface area (Å²) >= 11 is 8.40. The molecule has 36 heavy (non-hydrogen) atoms. The summed E-state index contributed by atoms with van der Waals surface area (Å²) in [6.45, 7) is 0.323. The minimum Gasteiger partial charge on any atom is -0.493 e. The molecule has 1 aliphatic heterocycles. The van der Waals surface area contributed by atoms with Crippen LogP contribution in [0.4, 0.5) is 0 Å². The molecule has 1 fully saturated rings. The Morgan fingerprint density at radius 3 is 2.47 bits per heavy atom. The van der Waals surface area contributed by atoms with Crippen LogP contribution in [0, 0.1) is 7.14 Å². The van der Waals surface area contributed by atoms with Crippen LogP contribution in [0.3, 0.4) is 0 Å². The Balaban J connectivity index is 1.28. The van der Waals surface area contributed by atoms with E-state index in [2.05, 4.69) is 67.8 Å². The molecule has 6 nitrogen and oxygen atoms in total. The highest BCUT2D eigenvalue weighted by atomic mass is 127. The van der Waals surface area contributed by atoms with Crippen molar-refractivity contribution in [3.63, 3.8) is 0 Å². The smallest absolute Gasteiger partial charge is 0.277 e. The van der Waals surface area contributed by atoms with Gasteiger partial charge >= 0.3 is 0 Å². The fourth-order valence-corrected chi connectivity index (χ4v) is 7.32. The number of nitrogens with zero attached hydrogens (tertiary/aromatic N) is 1. The Kier molecular flexibility index (Phi) is 10.5. The fourth-order valence-electron chi connectivity index (χ4n) is 3.32. The van der Waals surface area contributed by atoms with Crippen molar-refractivity contribution in [2.45, 2.75) is 11.2 Å². The van der Waals surface area contributed by atoms with Gasteiger partial charge in [0.05, 0.1) is 21.5 Å². The Labute approximate surface area is 246 Å². The first-order valence-electron chi connectivity index (χ1n) is 11.0. The molecule has 0 radical (unpaired) electrons. The number of amides is 1. The number of benzene rings is 3. The van der Waals surface area contributed by atoms with Gasteiger partial charge in [0.1, 0.15) is 12.4 Å². The Hall–Kier alpha value is -1.64. The van der Waals surface area contributed by atoms with Crippen LogP contribution in [-0.4, -0.2) is 37.3 Å². The van der Waals surface area contributed by atoms with Gasteiger partial charge in [-0.1, -0.05) is 24.3 Å². The molecule has 1 saturated heterocycles. The minimum absolute atomic E-state index is 0.115. The van der Waals surface area contributed by atoms with E-state index in [-0.39, 0.29) is 12.5 Å². The van der Waals surface area contributed by atoms with Gasteiger partial charge in [0, 0.05) is 15.1 Å². The Bertz CT molecular complexity index is 1200. The summed E-state index contributed by atoms with van der Waals surface area (Å²) in [6, 6.07) is 19.8. The zero-order chi connectivity index (χ0) is 25.3. The highest BCUT2D eigenvalue weighted by Crippen LogP contribution is 2.45. The summed E-state index contributed by atoms with van der Waals surface area (Å²) in [6.07, 6.45) is 1.57. The second-order valence-corrected chi connectivity index (χ2v) is 12.8. The average molecular weight is 746 g/mol. The largest absolute Gasteiger partial charge is 0.493 e. The molecule has 0 atom stereocenters. The maximum absolute atomic E-state index is 12.2. The van der Waals surface area contributed by atoms with E-state index in [0.717, 1.165) is 14.7 Å². The lowest BCUT2D eigenvalue weighted by Crippen LogP contribution is -2.24. The van der Waals surface area contributed by atoms with Gasteiger partial charge in [0.2, 0.25) is 0 Å². The summed E-state index contributed by atoms with van der Waals surface area (Å²) in [5, 5.41) is 4.06. The van der Waals surface area contributed by atoms with E-state index in [1.54, 1.807) is 13.3 Å². The number of ether oxygens (including phenoxy) is 3. The van der Waals surface area contributed by atoms with Gasteiger partial charge in [0.25, 0.3) is 5.91 Å². The van der Waals surface area contributed by atoms with Crippen molar-refractivity contribution in [3.05, 3.63) is 84.5 Å². The zero-order valence-corrected chi connectivity index (χ0v) is 25.4. The third kappa shape index (κ3) is 7.93. The number of thioether (sulfide) groups is 2. The van der Waals surface area contributed by atoms with Crippen LogP contribution in [0.25, 0.3) is 0 Å². The Morgan fingerprint density at radius 2 is 1.78 bits per heavy atom. The van der Waals surface area contributed by atoms with Crippen molar-refractivity contribution in [1.82, 2.24) is 5.43 Å². The third-order valence-electron chi connectivity index (χ3n) is 5.10. The number of nitrogens with one attached hydrogen (secondary N) is 1. The lowest BCUT2D eigenvalue weighted by atomic mass is 10.2. The van der Waals surface area contributed by atoms with Crippen molar-refractivity contribution in [2.75, 3.05) is 25.2 Å². The summed E-state index contributed by atoms with van der Waals surface area (Å²) in [5.41, 5.74) is 5.63. The average Bonchev–Trinajstić information content (AvgIpc) is 3.43. The molecule has 0 unspecified atom stereocenters. The van der Waals surface area contributed by atoms with Gasteiger partial charge in [-0.15, -0.1) is 23.5 Å². The molecule has 1 amide bonds. The highest BCUT2D eigenvalue weighted by molar-refractivity contribution is 14.1. The lowest BCUT2D eigenvalue weighted by molar-refractivity contribution is -0.123. The molecule has 0 spiro atoms. The van der Waals surface area contributed by atoms with E-state index in [1.807, 2.05) is 72.1 Å². The molecule has 0 aromatic heterocycles. The number of hydrogen-bond acceptors (Lipinski definition) is 7. The van der Waals surface area contributed by atoms with Crippen LogP contribution in [0.2, 0.25) is 0 Å². The first-order valence-corrected chi connectivity index (χ1v) is 15.3. The van der Waals surface area contributed by atoms with Gasteiger partial charge in [-0.2, -0.15) is 5.10 Å². The van der Waals surface area contributed by atoms with Crippen molar-refractivity contribution in [2.24, 2.45) is 5.10 Å². The lowest BCUT2D eigenvalue weighted by Gasteiger charge is -2.13. The predicted octanol–water partition coefficient (Wildman–Crippen LogP) is 6.49. The maximum atomic E-state index is 12.2. The first kappa shape index (κ1) is 27.4. The van der Waals surface area contributed by atoms with Gasteiger partial charge in [-0.3, -0.25) is 4.79 Å². The first-order chi connectivity index (χ1) is 17.5. The van der Waals surface area contributed by atoms with E-state index < -0.39 is 0 Å². The predicted molar refractivity (Wildman–Crippen MR) is 165 cm³/mol. The SMILES string of the molecule is COc1cc(/C=N\NC(=O)COc2ccc(C3SCCS3)cc2)cc(I)c1OCc1ccc(I)cc1. The normalized spacial score (nSPS) is 13.6. The molecule has 3 aromatic carbocycles. The quantitative estimate of drug-likeness (QED) is 0.146. The number of methoxy groups -OCH3 is 1. The molecule has 0 aliphatic carbocycles. The van der Waals surface area contributed by atoms with Gasteiger partial charge < -0.3 is 14.2 Å². The van der Waals surface area contributed by atoms with Crippen LogP contribution in [0.15, 0.2) is 65.8 Å². The van der Waals surface area contributed by atoms with E-state index in [1.165, 1.54) is 20.6 Å². The van der Waals surface area contributed by atoms with E-state index in [9.17, 15) is 4.79 Å². The molecule has 1 aliphatic rings. The van der Waals surface area contributed by atoms with E-state index >= 15 is 0 Å². The number of carbonyl (C=O) groups excluding carboxylic acids is 1. The van der Waals surface area contributed by atoms with Crippen LogP contribution in [0.1, 0.15) is 21.3 Å². The highest BCUT2D eigenvalue weighted by Gasteiger charge is 2.18. The van der Waals surface area contributed by atoms with Gasteiger partial charge in [0.15, 0.2) is 18.1 Å². The van der Waals surface area contributed by atoms with E-state index in [0.29, 0.717) is 28.4 Å². The van der Waals surface area contributed by atoms with Crippen LogP contribution >= 0.6 is 68.7 Å². The molecule has 0 saturated carbocycles. The fraction of sp³-hybridized carbons (Fsp3) is 0.231. The Morgan fingerprint density at radius 1 is 1.06 bits per heavy atom. The molecular formula is C26H24I2N2O4S2. The molecule has 4 rings (SSSR count). The van der Waals surface area contributed by atoms with Crippen LogP contribution < -0.4 is 19.6 Å². The van der Waals surface area contributed by atoms with Gasteiger partial charge in [-0.05, 0) is 98.3 Å². The summed E-state index contributed by atoms with van der Waals surface area (Å²) < 4.78 is 19.7. The van der Waals surface area contributed by atoms with Gasteiger partial charge in [-0.25, -0.2) is 5.43 Å². The monoisotopic (exact) mass is 746 g/mol. The second kappa shape index (κ2) is 13.8. The van der Waals surface area contributed by atoms with Crippen LogP contribution in [-0.2, 0) is 11.4 Å². The maximum Gasteiger partial charge on any atom is 0.277 e. The van der Waals surface area contributed by atoms with E-state index in [4.69, 9.17) is 14.2 Å². The molecule has 3 aromatic rings. The number of halogens is 2. The number of rotatable bonds is 10. The van der Waals surface area contributed by atoms with Crippen LogP contribution in [0.5, 0.6) is 17.2 Å². The van der Waals surface area contributed by atoms with Crippen molar-refractivity contribution < 1.29 is 19.0 Å². The number of carbonyl (C=O) groups is 1. The topological polar surface area (TPSA) is 69.2 Å². The number of hydrogen-bond donors (Lipinski definition) is 1. The minimum atomic E-state index is -0.337. The van der Waals surface area contributed by atoms with Crippen molar-refractivity contribution >= 4 is 80.8 Å². The second-order valence-electron chi connectivity index (χ2n) is 7.67. The molecule has 0 bridgehead atoms. The summed E-state index contributed by atoms with van der Waals surface area (Å²) in [7, 11) is 1.60. The molecular weight excluding hydrogens is 722 g/mol. The molecule has 10 heteroatoms.